The lowest BCUT2D eigenvalue weighted by Gasteiger charge is -2.35. The number of Topliss-reactive ketones (excluding diaryl/α,β-unsaturated/α-hetero) is 2. The molecule has 3 aromatic rings. The molecule has 1 aliphatic heterocycles. The Morgan fingerprint density at radius 1 is 0.868 bits per heavy atom. The molecule has 8 heteroatoms. The van der Waals surface area contributed by atoms with Gasteiger partial charge in [0.25, 0.3) is 0 Å². The van der Waals surface area contributed by atoms with E-state index in [1.54, 1.807) is 23.5 Å². The molecule has 0 N–H and O–H groups in total. The molecule has 4 rings (SSSR count). The summed E-state index contributed by atoms with van der Waals surface area (Å²) in [6.45, 7) is 9.81. The number of ketones is 2. The monoisotopic (exact) mass is 516 g/mol. The molecule has 0 unspecified atom stereocenters. The fraction of sp³-hybridized carbons (Fsp3) is 0.400. The number of ether oxygens (including phenoxy) is 1. The molecule has 1 amide bonds. The van der Waals surface area contributed by atoms with Gasteiger partial charge >= 0.3 is 6.09 Å². The normalized spacial score (nSPS) is 14.3. The summed E-state index contributed by atoms with van der Waals surface area (Å²) in [7, 11) is 0. The van der Waals surface area contributed by atoms with Crippen molar-refractivity contribution in [2.24, 2.45) is 0 Å². The number of hydrogen-bond acceptors (Lipinski definition) is 6. The van der Waals surface area contributed by atoms with Crippen LogP contribution in [-0.4, -0.2) is 75.3 Å². The molecule has 0 spiro atoms. The fourth-order valence-electron chi connectivity index (χ4n) is 4.39. The van der Waals surface area contributed by atoms with Crippen molar-refractivity contribution in [3.05, 3.63) is 89.5 Å². The lowest BCUT2D eigenvalue weighted by Crippen LogP contribution is -2.50. The first-order valence-electron chi connectivity index (χ1n) is 13.1. The maximum absolute atomic E-state index is 12.8. The molecule has 38 heavy (non-hydrogen) atoms. The molecular weight excluding hydrogens is 480 g/mol. The van der Waals surface area contributed by atoms with Crippen LogP contribution in [0.25, 0.3) is 0 Å². The van der Waals surface area contributed by atoms with E-state index in [9.17, 15) is 14.4 Å². The van der Waals surface area contributed by atoms with E-state index in [0.29, 0.717) is 30.9 Å². The molecule has 2 aromatic carbocycles. The van der Waals surface area contributed by atoms with Crippen molar-refractivity contribution in [2.75, 3.05) is 32.7 Å². The zero-order chi connectivity index (χ0) is 27.1. The second-order valence-corrected chi connectivity index (χ2v) is 10.7. The lowest BCUT2D eigenvalue weighted by molar-refractivity contribution is 0.0143. The van der Waals surface area contributed by atoms with E-state index in [2.05, 4.69) is 22.0 Å². The molecule has 0 radical (unpaired) electrons. The van der Waals surface area contributed by atoms with E-state index in [4.69, 9.17) is 4.74 Å². The Bertz CT molecular complexity index is 1250. The smallest absolute Gasteiger partial charge is 0.410 e. The van der Waals surface area contributed by atoms with Gasteiger partial charge in [0, 0.05) is 51.0 Å². The summed E-state index contributed by atoms with van der Waals surface area (Å²) in [6, 6.07) is 17.5. The van der Waals surface area contributed by atoms with Crippen LogP contribution in [0, 0.1) is 0 Å². The maximum atomic E-state index is 12.8. The lowest BCUT2D eigenvalue weighted by atomic mass is 9.99. The van der Waals surface area contributed by atoms with Gasteiger partial charge < -0.3 is 14.2 Å². The molecule has 1 saturated heterocycles. The highest BCUT2D eigenvalue weighted by molar-refractivity contribution is 6.12. The van der Waals surface area contributed by atoms with Gasteiger partial charge in [0.15, 0.2) is 11.6 Å². The molecule has 0 saturated carbocycles. The summed E-state index contributed by atoms with van der Waals surface area (Å²) in [4.78, 5) is 46.1. The van der Waals surface area contributed by atoms with Crippen molar-refractivity contribution in [2.45, 2.75) is 45.8 Å². The zero-order valence-corrected chi connectivity index (χ0v) is 22.4. The number of benzene rings is 2. The van der Waals surface area contributed by atoms with Crippen molar-refractivity contribution in [3.63, 3.8) is 0 Å². The van der Waals surface area contributed by atoms with Gasteiger partial charge in [-0.1, -0.05) is 48.5 Å². The number of hydrogen-bond donors (Lipinski definition) is 0. The molecule has 2 heterocycles. The highest BCUT2D eigenvalue weighted by Gasteiger charge is 2.25. The van der Waals surface area contributed by atoms with Gasteiger partial charge in [0.2, 0.25) is 0 Å². The predicted molar refractivity (Wildman–Crippen MR) is 145 cm³/mol. The van der Waals surface area contributed by atoms with Crippen molar-refractivity contribution in [1.29, 1.82) is 0 Å². The summed E-state index contributed by atoms with van der Waals surface area (Å²) in [5.74, 6) is -0.490. The second kappa shape index (κ2) is 12.2. The highest BCUT2D eigenvalue weighted by atomic mass is 16.6. The highest BCUT2D eigenvalue weighted by Crippen LogP contribution is 2.15. The summed E-state index contributed by atoms with van der Waals surface area (Å²) >= 11 is 0. The van der Waals surface area contributed by atoms with Crippen LogP contribution in [-0.2, 0) is 17.7 Å². The topological polar surface area (TPSA) is 84.7 Å². The number of amides is 1. The molecule has 1 aliphatic rings. The summed E-state index contributed by atoms with van der Waals surface area (Å²) < 4.78 is 7.33. The van der Waals surface area contributed by atoms with E-state index in [0.717, 1.165) is 31.6 Å². The van der Waals surface area contributed by atoms with Crippen LogP contribution in [0.2, 0.25) is 0 Å². The molecular formula is C30H36N4O4. The van der Waals surface area contributed by atoms with Crippen molar-refractivity contribution in [1.82, 2.24) is 19.4 Å². The first-order chi connectivity index (χ1) is 18.2. The van der Waals surface area contributed by atoms with Gasteiger partial charge in [-0.3, -0.25) is 14.5 Å². The molecule has 0 aliphatic carbocycles. The van der Waals surface area contributed by atoms with Crippen LogP contribution in [0.1, 0.15) is 59.2 Å². The van der Waals surface area contributed by atoms with Crippen LogP contribution < -0.4 is 0 Å². The fourth-order valence-corrected chi connectivity index (χ4v) is 4.39. The van der Waals surface area contributed by atoms with E-state index >= 15 is 0 Å². The first-order valence-corrected chi connectivity index (χ1v) is 13.1. The van der Waals surface area contributed by atoms with Crippen LogP contribution in [0.4, 0.5) is 4.79 Å². The number of rotatable bonds is 9. The molecule has 1 fully saturated rings. The Kier molecular flexibility index (Phi) is 8.73. The summed E-state index contributed by atoms with van der Waals surface area (Å²) in [5, 5.41) is 0. The van der Waals surface area contributed by atoms with Crippen LogP contribution in [0.5, 0.6) is 0 Å². The zero-order valence-electron chi connectivity index (χ0n) is 22.4. The largest absolute Gasteiger partial charge is 0.444 e. The van der Waals surface area contributed by atoms with Gasteiger partial charge in [-0.05, 0) is 44.4 Å². The minimum atomic E-state index is -0.498. The summed E-state index contributed by atoms with van der Waals surface area (Å²) in [5.41, 5.74) is 2.54. The van der Waals surface area contributed by atoms with Crippen LogP contribution in [0.3, 0.4) is 0 Å². The van der Waals surface area contributed by atoms with E-state index in [1.165, 1.54) is 5.56 Å². The van der Waals surface area contributed by atoms with Gasteiger partial charge in [0.05, 0.1) is 12.7 Å². The van der Waals surface area contributed by atoms with Gasteiger partial charge in [-0.15, -0.1) is 0 Å². The van der Waals surface area contributed by atoms with Crippen LogP contribution >= 0.6 is 0 Å². The molecule has 0 bridgehead atoms. The molecule has 8 nitrogen and oxygen atoms in total. The Morgan fingerprint density at radius 3 is 2.29 bits per heavy atom. The van der Waals surface area contributed by atoms with Gasteiger partial charge in [-0.2, -0.15) is 0 Å². The number of nitrogens with zero attached hydrogens (tertiary/aromatic N) is 4. The first kappa shape index (κ1) is 27.3. The molecule has 200 valence electrons. The van der Waals surface area contributed by atoms with Crippen molar-refractivity contribution >= 4 is 17.7 Å². The number of carbonyl (C=O) groups excluding carboxylic acids is 3. The van der Waals surface area contributed by atoms with Gasteiger partial charge in [-0.25, -0.2) is 9.78 Å². The minimum absolute atomic E-state index is 0.206. The average molecular weight is 517 g/mol. The summed E-state index contributed by atoms with van der Waals surface area (Å²) in [6.07, 6.45) is 3.59. The Labute approximate surface area is 224 Å². The second-order valence-electron chi connectivity index (χ2n) is 10.7. The number of piperazine rings is 1. The average Bonchev–Trinajstić information content (AvgIpc) is 3.37. The van der Waals surface area contributed by atoms with E-state index in [1.807, 2.05) is 61.7 Å². The number of aromatic nitrogens is 2. The Hall–Kier alpha value is -3.78. The quantitative estimate of drug-likeness (QED) is 0.308. The van der Waals surface area contributed by atoms with Gasteiger partial charge in [0.1, 0.15) is 11.3 Å². The third kappa shape index (κ3) is 7.86. The Balaban J connectivity index is 1.24. The third-order valence-electron chi connectivity index (χ3n) is 6.44. The SMILES string of the molecule is CC(C)(C)OC(=O)N1CCN(CCn2cnc(C(=O)CC(=O)c3cccc(Cc4ccccc4)c3)c2)CC1. The molecule has 0 atom stereocenters. The standard InChI is InChI=1S/C30H36N4O4/c1-30(2,3)38-29(37)34-16-14-32(15-17-34)12-13-33-21-26(31-22-33)28(36)20-27(35)25-11-7-10-24(19-25)18-23-8-5-4-6-9-23/h4-11,19,21-22H,12-18,20H2,1-3H3. The van der Waals surface area contributed by atoms with Crippen molar-refractivity contribution in [3.8, 4) is 0 Å². The Morgan fingerprint density at radius 2 is 1.58 bits per heavy atom. The number of imidazole rings is 1. The van der Waals surface area contributed by atoms with Crippen molar-refractivity contribution < 1.29 is 19.1 Å². The molecule has 1 aromatic heterocycles. The van der Waals surface area contributed by atoms with E-state index in [-0.39, 0.29) is 24.1 Å². The van der Waals surface area contributed by atoms with Crippen LogP contribution in [0.15, 0.2) is 67.1 Å². The number of carbonyl (C=O) groups is 3. The minimum Gasteiger partial charge on any atom is -0.444 e. The maximum Gasteiger partial charge on any atom is 0.410 e. The van der Waals surface area contributed by atoms with E-state index < -0.39 is 5.60 Å². The predicted octanol–water partition coefficient (Wildman–Crippen LogP) is 4.48. The third-order valence-corrected chi connectivity index (χ3v) is 6.44.